The normalized spacial score (nSPS) is 20.7. The molecule has 0 unspecified atom stereocenters. The van der Waals surface area contributed by atoms with E-state index in [1.165, 1.54) is 0 Å². The SMILES string of the molecule is O=C(N1CC(Cn2nc3c(cc2=O)CCCC3)C1)C1(c2ccccc2)CC1. The van der Waals surface area contributed by atoms with E-state index in [9.17, 15) is 9.59 Å². The number of fused-ring (bicyclic) bond motifs is 1. The highest BCUT2D eigenvalue weighted by molar-refractivity contribution is 5.91. The van der Waals surface area contributed by atoms with Crippen molar-refractivity contribution in [1.29, 1.82) is 0 Å². The maximum atomic E-state index is 13.0. The molecule has 0 N–H and O–H groups in total. The minimum Gasteiger partial charge on any atom is -0.341 e. The van der Waals surface area contributed by atoms with E-state index < -0.39 is 0 Å². The van der Waals surface area contributed by atoms with Crippen LogP contribution in [0.15, 0.2) is 41.2 Å². The molecule has 3 aliphatic rings. The van der Waals surface area contributed by atoms with E-state index in [4.69, 9.17) is 0 Å². The lowest BCUT2D eigenvalue weighted by Gasteiger charge is -2.41. The van der Waals surface area contributed by atoms with Gasteiger partial charge in [-0.2, -0.15) is 5.10 Å². The number of amides is 1. The zero-order valence-corrected chi connectivity index (χ0v) is 15.6. The topological polar surface area (TPSA) is 55.2 Å². The number of hydrogen-bond donors (Lipinski definition) is 0. The summed E-state index contributed by atoms with van der Waals surface area (Å²) in [6.07, 6.45) is 6.16. The first-order chi connectivity index (χ1) is 13.2. The van der Waals surface area contributed by atoms with E-state index in [1.807, 2.05) is 23.1 Å². The molecule has 1 saturated heterocycles. The van der Waals surface area contributed by atoms with Crippen LogP contribution in [0.2, 0.25) is 0 Å². The Morgan fingerprint density at radius 2 is 1.85 bits per heavy atom. The molecule has 5 rings (SSSR count). The summed E-state index contributed by atoms with van der Waals surface area (Å²) < 4.78 is 1.63. The Morgan fingerprint density at radius 1 is 1.11 bits per heavy atom. The Hall–Kier alpha value is -2.43. The summed E-state index contributed by atoms with van der Waals surface area (Å²) in [5.74, 6) is 0.586. The van der Waals surface area contributed by atoms with Crippen LogP contribution in [-0.4, -0.2) is 33.7 Å². The fourth-order valence-corrected chi connectivity index (χ4v) is 4.64. The van der Waals surface area contributed by atoms with Crippen molar-refractivity contribution in [3.63, 3.8) is 0 Å². The summed E-state index contributed by atoms with van der Waals surface area (Å²) in [4.78, 5) is 27.3. The first kappa shape index (κ1) is 16.7. The quantitative estimate of drug-likeness (QED) is 0.838. The van der Waals surface area contributed by atoms with Crippen molar-refractivity contribution in [3.8, 4) is 0 Å². The van der Waals surface area contributed by atoms with Crippen LogP contribution in [-0.2, 0) is 29.6 Å². The zero-order valence-electron chi connectivity index (χ0n) is 15.6. The third kappa shape index (κ3) is 2.89. The summed E-state index contributed by atoms with van der Waals surface area (Å²) in [6, 6.07) is 11.9. The van der Waals surface area contributed by atoms with Gasteiger partial charge in [-0.05, 0) is 49.7 Å². The monoisotopic (exact) mass is 363 g/mol. The van der Waals surface area contributed by atoms with Crippen LogP contribution in [0, 0.1) is 5.92 Å². The van der Waals surface area contributed by atoms with Crippen molar-refractivity contribution in [1.82, 2.24) is 14.7 Å². The Bertz CT molecular complexity index is 924. The predicted octanol–water partition coefficient (Wildman–Crippen LogP) is 2.31. The average Bonchev–Trinajstić information content (AvgIpc) is 3.47. The molecular formula is C22H25N3O2. The first-order valence-corrected chi connectivity index (χ1v) is 10.1. The largest absolute Gasteiger partial charge is 0.341 e. The molecule has 2 fully saturated rings. The number of benzene rings is 1. The molecule has 2 aliphatic carbocycles. The number of carbonyl (C=O) groups excluding carboxylic acids is 1. The number of rotatable bonds is 4. The molecule has 0 radical (unpaired) electrons. The number of carbonyl (C=O) groups is 1. The zero-order chi connectivity index (χ0) is 18.4. The summed E-state index contributed by atoms with van der Waals surface area (Å²) in [7, 11) is 0. The summed E-state index contributed by atoms with van der Waals surface area (Å²) in [6.45, 7) is 2.09. The van der Waals surface area contributed by atoms with Gasteiger partial charge in [-0.25, -0.2) is 4.68 Å². The second-order valence-corrected chi connectivity index (χ2v) is 8.37. The van der Waals surface area contributed by atoms with Gasteiger partial charge in [0.2, 0.25) is 5.91 Å². The van der Waals surface area contributed by atoms with E-state index in [-0.39, 0.29) is 16.9 Å². The highest BCUT2D eigenvalue weighted by Crippen LogP contribution is 2.50. The minimum atomic E-state index is -0.285. The van der Waals surface area contributed by atoms with Gasteiger partial charge in [0.25, 0.3) is 5.56 Å². The smallest absolute Gasteiger partial charge is 0.267 e. The fraction of sp³-hybridized carbons (Fsp3) is 0.500. The highest BCUT2D eigenvalue weighted by atomic mass is 16.2. The van der Waals surface area contributed by atoms with Crippen molar-refractivity contribution in [2.24, 2.45) is 5.92 Å². The summed E-state index contributed by atoms with van der Waals surface area (Å²) in [5, 5.41) is 4.61. The van der Waals surface area contributed by atoms with Gasteiger partial charge in [0.05, 0.1) is 17.7 Å². The van der Waals surface area contributed by atoms with Gasteiger partial charge in [0.15, 0.2) is 0 Å². The Balaban J connectivity index is 1.24. The molecule has 5 nitrogen and oxygen atoms in total. The second kappa shape index (κ2) is 6.32. The van der Waals surface area contributed by atoms with Crippen LogP contribution in [0.5, 0.6) is 0 Å². The number of aromatic nitrogens is 2. The number of aryl methyl sites for hydroxylation is 2. The van der Waals surface area contributed by atoms with E-state index in [0.717, 1.165) is 68.4 Å². The van der Waals surface area contributed by atoms with Gasteiger partial charge in [0, 0.05) is 25.1 Å². The maximum absolute atomic E-state index is 13.0. The van der Waals surface area contributed by atoms with E-state index in [2.05, 4.69) is 17.2 Å². The van der Waals surface area contributed by atoms with Crippen LogP contribution in [0.25, 0.3) is 0 Å². The van der Waals surface area contributed by atoms with Crippen molar-refractivity contribution in [2.75, 3.05) is 13.1 Å². The Morgan fingerprint density at radius 3 is 2.59 bits per heavy atom. The van der Waals surface area contributed by atoms with Gasteiger partial charge in [0.1, 0.15) is 0 Å². The molecule has 140 valence electrons. The molecule has 1 aromatic heterocycles. The third-order valence-electron chi connectivity index (χ3n) is 6.44. The lowest BCUT2D eigenvalue weighted by Crippen LogP contribution is -2.55. The molecule has 0 atom stereocenters. The molecule has 1 saturated carbocycles. The van der Waals surface area contributed by atoms with Crippen LogP contribution in [0.1, 0.15) is 42.5 Å². The van der Waals surface area contributed by atoms with Crippen molar-refractivity contribution in [2.45, 2.75) is 50.5 Å². The van der Waals surface area contributed by atoms with Crippen molar-refractivity contribution >= 4 is 5.91 Å². The van der Waals surface area contributed by atoms with Crippen LogP contribution in [0.3, 0.4) is 0 Å². The Labute approximate surface area is 159 Å². The lowest BCUT2D eigenvalue weighted by molar-refractivity contribution is -0.140. The van der Waals surface area contributed by atoms with E-state index in [1.54, 1.807) is 10.7 Å². The third-order valence-corrected chi connectivity index (χ3v) is 6.44. The predicted molar refractivity (Wildman–Crippen MR) is 103 cm³/mol. The van der Waals surface area contributed by atoms with Crippen LogP contribution >= 0.6 is 0 Å². The Kier molecular flexibility index (Phi) is 3.92. The van der Waals surface area contributed by atoms with Gasteiger partial charge in [-0.15, -0.1) is 0 Å². The molecule has 1 aromatic carbocycles. The fourth-order valence-electron chi connectivity index (χ4n) is 4.64. The summed E-state index contributed by atoms with van der Waals surface area (Å²) in [5.41, 5.74) is 3.09. The standard InChI is InChI=1S/C22H25N3O2/c26-20-12-17-6-4-5-9-19(17)23-25(20)15-16-13-24(14-16)21(27)22(10-11-22)18-7-2-1-3-8-18/h1-3,7-8,12,16H,4-6,9-11,13-15H2. The lowest BCUT2D eigenvalue weighted by atomic mass is 9.90. The molecule has 0 spiro atoms. The molecule has 2 heterocycles. The van der Waals surface area contributed by atoms with Crippen molar-refractivity contribution in [3.05, 3.63) is 63.6 Å². The number of nitrogens with zero attached hydrogens (tertiary/aromatic N) is 3. The van der Waals surface area contributed by atoms with Gasteiger partial charge < -0.3 is 4.90 Å². The van der Waals surface area contributed by atoms with Gasteiger partial charge in [-0.1, -0.05) is 30.3 Å². The number of likely N-dealkylation sites (tertiary alicyclic amines) is 1. The molecule has 1 amide bonds. The van der Waals surface area contributed by atoms with Gasteiger partial charge in [-0.3, -0.25) is 9.59 Å². The average molecular weight is 363 g/mol. The molecule has 2 aromatic rings. The summed E-state index contributed by atoms with van der Waals surface area (Å²) >= 11 is 0. The van der Waals surface area contributed by atoms with Crippen molar-refractivity contribution < 1.29 is 4.79 Å². The first-order valence-electron chi connectivity index (χ1n) is 10.1. The minimum absolute atomic E-state index is 0.00313. The molecule has 0 bridgehead atoms. The molecule has 27 heavy (non-hydrogen) atoms. The number of hydrogen-bond acceptors (Lipinski definition) is 3. The molecular weight excluding hydrogens is 338 g/mol. The maximum Gasteiger partial charge on any atom is 0.267 e. The molecule has 1 aliphatic heterocycles. The molecule has 5 heteroatoms. The second-order valence-electron chi connectivity index (χ2n) is 8.37. The highest BCUT2D eigenvalue weighted by Gasteiger charge is 2.54. The van der Waals surface area contributed by atoms with Crippen LogP contribution in [0.4, 0.5) is 0 Å². The van der Waals surface area contributed by atoms with E-state index >= 15 is 0 Å². The van der Waals surface area contributed by atoms with Crippen LogP contribution < -0.4 is 5.56 Å². The van der Waals surface area contributed by atoms with Gasteiger partial charge >= 0.3 is 0 Å². The van der Waals surface area contributed by atoms with E-state index in [0.29, 0.717) is 12.5 Å².